The van der Waals surface area contributed by atoms with Gasteiger partial charge in [0, 0.05) is 30.4 Å². The molecule has 0 atom stereocenters. The molecule has 0 spiro atoms. The van der Waals surface area contributed by atoms with Gasteiger partial charge >= 0.3 is 5.97 Å². The van der Waals surface area contributed by atoms with E-state index in [1.54, 1.807) is 58.0 Å². The Morgan fingerprint density at radius 1 is 1.03 bits per heavy atom. The van der Waals surface area contributed by atoms with E-state index < -0.39 is 21.9 Å². The first-order valence-electron chi connectivity index (χ1n) is 10.0. The maximum atomic E-state index is 12.9. The van der Waals surface area contributed by atoms with Gasteiger partial charge in [-0.15, -0.1) is 0 Å². The number of aryl methyl sites for hydroxylation is 1. The Kier molecular flexibility index (Phi) is 8.58. The number of carbonyl (C=O) groups is 2. The largest absolute Gasteiger partial charge is 0.482 e. The van der Waals surface area contributed by atoms with Gasteiger partial charge in [-0.25, -0.2) is 13.2 Å². The Hall–Kier alpha value is -2.91. The molecule has 0 fully saturated rings. The molecule has 2 aromatic carbocycles. The van der Waals surface area contributed by atoms with Gasteiger partial charge in [-0.05, 0) is 43.7 Å². The number of sulfonamides is 1. The predicted octanol–water partition coefficient (Wildman–Crippen LogP) is 3.22. The standard InChI is InChI=1S/C22H28N2O6S/c1-5-24(6-2)31(27,28)19-12-11-16(4)20(14-19)22(26)23-17-9-8-10-18(13-17)30-15-21(25)29-7-3/h8-14H,5-7,15H2,1-4H3,(H,23,26). The molecule has 1 N–H and O–H groups in total. The summed E-state index contributed by atoms with van der Waals surface area (Å²) in [5.41, 5.74) is 1.35. The van der Waals surface area contributed by atoms with Crippen molar-refractivity contribution in [2.45, 2.75) is 32.6 Å². The summed E-state index contributed by atoms with van der Waals surface area (Å²) in [5.74, 6) is -0.545. The van der Waals surface area contributed by atoms with Crippen molar-refractivity contribution >= 4 is 27.6 Å². The lowest BCUT2D eigenvalue weighted by atomic mass is 10.1. The molecule has 8 nitrogen and oxygen atoms in total. The van der Waals surface area contributed by atoms with Crippen LogP contribution in [0.1, 0.15) is 36.7 Å². The zero-order chi connectivity index (χ0) is 23.0. The van der Waals surface area contributed by atoms with Gasteiger partial charge in [0.1, 0.15) is 5.75 Å². The van der Waals surface area contributed by atoms with E-state index in [1.807, 2.05) is 0 Å². The monoisotopic (exact) mass is 448 g/mol. The highest BCUT2D eigenvalue weighted by Crippen LogP contribution is 2.22. The fraction of sp³-hybridized carbons (Fsp3) is 0.364. The minimum absolute atomic E-state index is 0.0680. The van der Waals surface area contributed by atoms with Gasteiger partial charge in [0.05, 0.1) is 11.5 Å². The summed E-state index contributed by atoms with van der Waals surface area (Å²) in [7, 11) is -3.68. The molecule has 0 saturated heterocycles. The van der Waals surface area contributed by atoms with E-state index in [0.717, 1.165) is 0 Å². The number of carbonyl (C=O) groups excluding carboxylic acids is 2. The molecule has 0 radical (unpaired) electrons. The van der Waals surface area contributed by atoms with Crippen molar-refractivity contribution < 1.29 is 27.5 Å². The van der Waals surface area contributed by atoms with Crippen LogP contribution in [0.4, 0.5) is 5.69 Å². The molecule has 168 valence electrons. The molecule has 0 heterocycles. The summed E-state index contributed by atoms with van der Waals surface area (Å²) in [6.45, 7) is 7.68. The molecule has 0 bridgehead atoms. The van der Waals surface area contributed by atoms with Crippen LogP contribution in [-0.4, -0.2) is 50.9 Å². The quantitative estimate of drug-likeness (QED) is 0.560. The minimum atomic E-state index is -3.68. The lowest BCUT2D eigenvalue weighted by molar-refractivity contribution is -0.145. The average Bonchev–Trinajstić information content (AvgIpc) is 2.73. The number of rotatable bonds is 10. The smallest absolute Gasteiger partial charge is 0.344 e. The molecule has 9 heteroatoms. The van der Waals surface area contributed by atoms with Gasteiger partial charge in [-0.2, -0.15) is 4.31 Å². The number of ether oxygens (including phenoxy) is 2. The van der Waals surface area contributed by atoms with Crippen LogP contribution in [0.25, 0.3) is 0 Å². The molecule has 0 aliphatic heterocycles. The van der Waals surface area contributed by atoms with E-state index in [0.29, 0.717) is 30.1 Å². The molecule has 0 aromatic heterocycles. The molecule has 1 amide bonds. The zero-order valence-corrected chi connectivity index (χ0v) is 19.0. The van der Waals surface area contributed by atoms with Gasteiger partial charge in [0.2, 0.25) is 10.0 Å². The number of anilines is 1. The molecular formula is C22H28N2O6S. The second kappa shape index (κ2) is 10.9. The van der Waals surface area contributed by atoms with Crippen LogP contribution in [0.3, 0.4) is 0 Å². The molecule has 2 rings (SSSR count). The van der Waals surface area contributed by atoms with Gasteiger partial charge < -0.3 is 14.8 Å². The van der Waals surface area contributed by atoms with E-state index in [2.05, 4.69) is 5.32 Å². The second-order valence-electron chi connectivity index (χ2n) is 6.64. The Morgan fingerprint density at radius 3 is 2.39 bits per heavy atom. The van der Waals surface area contributed by atoms with Gasteiger partial charge in [-0.1, -0.05) is 26.0 Å². The third kappa shape index (κ3) is 6.28. The number of benzene rings is 2. The number of hydrogen-bond acceptors (Lipinski definition) is 6. The molecule has 0 unspecified atom stereocenters. The molecule has 31 heavy (non-hydrogen) atoms. The van der Waals surface area contributed by atoms with Crippen LogP contribution in [0, 0.1) is 6.92 Å². The summed E-state index contributed by atoms with van der Waals surface area (Å²) in [6, 6.07) is 11.1. The maximum absolute atomic E-state index is 12.9. The number of nitrogens with zero attached hydrogens (tertiary/aromatic N) is 1. The molecule has 0 aliphatic carbocycles. The normalized spacial score (nSPS) is 11.3. The average molecular weight is 449 g/mol. The summed E-state index contributed by atoms with van der Waals surface area (Å²) < 4.78 is 37.1. The van der Waals surface area contributed by atoms with Gasteiger partial charge in [0.25, 0.3) is 5.91 Å². The number of hydrogen-bond donors (Lipinski definition) is 1. The van der Waals surface area contributed by atoms with Crippen molar-refractivity contribution in [1.29, 1.82) is 0 Å². The number of nitrogens with one attached hydrogen (secondary N) is 1. The van der Waals surface area contributed by atoms with Crippen molar-refractivity contribution in [3.63, 3.8) is 0 Å². The topological polar surface area (TPSA) is 102 Å². The van der Waals surface area contributed by atoms with Crippen LogP contribution < -0.4 is 10.1 Å². The fourth-order valence-electron chi connectivity index (χ4n) is 2.93. The lowest BCUT2D eigenvalue weighted by Gasteiger charge is -2.19. The zero-order valence-electron chi connectivity index (χ0n) is 18.2. The first-order chi connectivity index (χ1) is 14.7. The molecule has 0 saturated carbocycles. The van der Waals surface area contributed by atoms with Gasteiger partial charge in [0.15, 0.2) is 6.61 Å². The first kappa shape index (κ1) is 24.4. The van der Waals surface area contributed by atoms with E-state index >= 15 is 0 Å². The molecule has 0 aliphatic rings. The van der Waals surface area contributed by atoms with Crippen LogP contribution >= 0.6 is 0 Å². The maximum Gasteiger partial charge on any atom is 0.344 e. The number of esters is 1. The van der Waals surface area contributed by atoms with Crippen molar-refractivity contribution in [3.05, 3.63) is 53.6 Å². The Balaban J connectivity index is 2.21. The third-order valence-electron chi connectivity index (χ3n) is 4.55. The van der Waals surface area contributed by atoms with Crippen LogP contribution in [0.15, 0.2) is 47.4 Å². The molecular weight excluding hydrogens is 420 g/mol. The van der Waals surface area contributed by atoms with Crippen LogP contribution in [0.2, 0.25) is 0 Å². The van der Waals surface area contributed by atoms with Crippen molar-refractivity contribution in [2.75, 3.05) is 31.6 Å². The summed E-state index contributed by atoms with van der Waals surface area (Å²) in [4.78, 5) is 24.4. The van der Waals surface area contributed by atoms with Crippen molar-refractivity contribution in [1.82, 2.24) is 4.31 Å². The summed E-state index contributed by atoms with van der Waals surface area (Å²) >= 11 is 0. The predicted molar refractivity (Wildman–Crippen MR) is 118 cm³/mol. The fourth-order valence-corrected chi connectivity index (χ4v) is 4.41. The highest BCUT2D eigenvalue weighted by Gasteiger charge is 2.23. The van der Waals surface area contributed by atoms with Crippen molar-refractivity contribution in [3.8, 4) is 5.75 Å². The number of amides is 1. The Labute approximate surface area is 183 Å². The lowest BCUT2D eigenvalue weighted by Crippen LogP contribution is -2.30. The highest BCUT2D eigenvalue weighted by atomic mass is 32.2. The van der Waals surface area contributed by atoms with Crippen LogP contribution in [-0.2, 0) is 19.6 Å². The SMILES string of the molecule is CCOC(=O)COc1cccc(NC(=O)c2cc(S(=O)(=O)N(CC)CC)ccc2C)c1. The van der Waals surface area contributed by atoms with Crippen LogP contribution in [0.5, 0.6) is 5.75 Å². The highest BCUT2D eigenvalue weighted by molar-refractivity contribution is 7.89. The molecule has 2 aromatic rings. The van der Waals surface area contributed by atoms with Gasteiger partial charge in [-0.3, -0.25) is 4.79 Å². The van der Waals surface area contributed by atoms with E-state index in [1.165, 1.54) is 16.4 Å². The van der Waals surface area contributed by atoms with E-state index in [-0.39, 0.29) is 23.7 Å². The third-order valence-corrected chi connectivity index (χ3v) is 6.60. The Bertz CT molecular complexity index is 1030. The summed E-state index contributed by atoms with van der Waals surface area (Å²) in [6.07, 6.45) is 0. The second-order valence-corrected chi connectivity index (χ2v) is 8.58. The van der Waals surface area contributed by atoms with E-state index in [4.69, 9.17) is 9.47 Å². The van der Waals surface area contributed by atoms with E-state index in [9.17, 15) is 18.0 Å². The summed E-state index contributed by atoms with van der Waals surface area (Å²) in [5, 5.41) is 2.74. The Morgan fingerprint density at radius 2 is 1.74 bits per heavy atom. The minimum Gasteiger partial charge on any atom is -0.482 e. The van der Waals surface area contributed by atoms with Crippen molar-refractivity contribution in [2.24, 2.45) is 0 Å². The first-order valence-corrected chi connectivity index (χ1v) is 11.5.